The molecule has 5 aliphatic rings. The van der Waals surface area contributed by atoms with Gasteiger partial charge < -0.3 is 29.9 Å². The Bertz CT molecular complexity index is 2230. The molecule has 0 unspecified atom stereocenters. The normalized spacial score (nSPS) is 22.3. The lowest BCUT2D eigenvalue weighted by Crippen LogP contribution is -2.52. The first-order chi connectivity index (χ1) is 26.6. The zero-order valence-corrected chi connectivity index (χ0v) is 30.1. The highest BCUT2D eigenvalue weighted by molar-refractivity contribution is 6.05. The predicted molar refractivity (Wildman–Crippen MR) is 197 cm³/mol. The van der Waals surface area contributed by atoms with Crippen LogP contribution in [-0.4, -0.2) is 105 Å². The van der Waals surface area contributed by atoms with E-state index in [0.717, 1.165) is 73.4 Å². The van der Waals surface area contributed by atoms with Crippen molar-refractivity contribution in [2.45, 2.75) is 57.5 Å². The summed E-state index contributed by atoms with van der Waals surface area (Å²) in [6.45, 7) is 7.53. The molecule has 284 valence electrons. The summed E-state index contributed by atoms with van der Waals surface area (Å²) in [5, 5.41) is 24.2. The lowest BCUT2D eigenvalue weighted by molar-refractivity contribution is -0.136. The fraction of sp³-hybridized carbons (Fsp3) is 0.385. The van der Waals surface area contributed by atoms with Crippen molar-refractivity contribution in [1.82, 2.24) is 30.3 Å². The van der Waals surface area contributed by atoms with E-state index in [4.69, 9.17) is 9.72 Å². The summed E-state index contributed by atoms with van der Waals surface area (Å²) in [5.41, 5.74) is 5.31. The number of imide groups is 1. The molecule has 3 fully saturated rings. The number of carbonyl (C=O) groups excluding carboxylic acids is 3. The van der Waals surface area contributed by atoms with Crippen LogP contribution in [0.15, 0.2) is 48.5 Å². The Morgan fingerprint density at radius 3 is 2.60 bits per heavy atom. The van der Waals surface area contributed by atoms with Gasteiger partial charge in [-0.05, 0) is 48.7 Å². The van der Waals surface area contributed by atoms with Crippen molar-refractivity contribution in [3.8, 4) is 22.9 Å². The van der Waals surface area contributed by atoms with Gasteiger partial charge in [0.05, 0.1) is 24.0 Å². The number of amides is 3. The monoisotopic (exact) mass is 751 g/mol. The molecule has 3 atom stereocenters. The molecule has 4 aromatic rings. The average Bonchev–Trinajstić information content (AvgIpc) is 3.74. The predicted octanol–water partition coefficient (Wildman–Crippen LogP) is 3.37. The number of nitrogens with zero attached hydrogens (tertiary/aromatic N) is 7. The Hall–Kier alpha value is -5.90. The Kier molecular flexibility index (Phi) is 8.71. The molecule has 16 heteroatoms. The van der Waals surface area contributed by atoms with Gasteiger partial charge in [-0.25, -0.2) is 13.8 Å². The summed E-state index contributed by atoms with van der Waals surface area (Å²) in [4.78, 5) is 50.6. The van der Waals surface area contributed by atoms with Gasteiger partial charge in [0.25, 0.3) is 5.91 Å². The molecule has 0 aliphatic carbocycles. The Labute approximate surface area is 315 Å². The third kappa shape index (κ3) is 6.53. The van der Waals surface area contributed by atoms with E-state index < -0.39 is 29.3 Å². The van der Waals surface area contributed by atoms with E-state index in [1.807, 2.05) is 31.2 Å². The number of aryl methyl sites for hydroxylation is 1. The molecule has 0 saturated carbocycles. The molecule has 3 N–H and O–H groups in total. The van der Waals surface area contributed by atoms with Crippen LogP contribution in [0.1, 0.15) is 46.4 Å². The van der Waals surface area contributed by atoms with Crippen LogP contribution in [0.25, 0.3) is 11.3 Å². The van der Waals surface area contributed by atoms with Crippen molar-refractivity contribution >= 4 is 34.9 Å². The van der Waals surface area contributed by atoms with Crippen LogP contribution in [-0.2, 0) is 22.7 Å². The summed E-state index contributed by atoms with van der Waals surface area (Å²) in [5.74, 6) is -2.34. The van der Waals surface area contributed by atoms with Crippen LogP contribution in [0.5, 0.6) is 11.6 Å². The number of nitrogens with one attached hydrogen (secondary N) is 2. The van der Waals surface area contributed by atoms with Crippen molar-refractivity contribution < 1.29 is 33.0 Å². The van der Waals surface area contributed by atoms with E-state index in [-0.39, 0.29) is 41.6 Å². The number of phenols is 1. The van der Waals surface area contributed by atoms with Crippen LogP contribution in [0, 0.1) is 18.6 Å². The number of rotatable bonds is 7. The van der Waals surface area contributed by atoms with Crippen LogP contribution < -0.4 is 25.2 Å². The van der Waals surface area contributed by atoms with Crippen LogP contribution in [0.4, 0.5) is 26.0 Å². The maximum Gasteiger partial charge on any atom is 0.255 e. The summed E-state index contributed by atoms with van der Waals surface area (Å²) >= 11 is 0. The quantitative estimate of drug-likeness (QED) is 0.237. The number of ether oxygens (including phenoxy) is 1. The largest absolute Gasteiger partial charge is 0.504 e. The number of fused-ring (bicyclic) bond motifs is 4. The highest BCUT2D eigenvalue weighted by Crippen LogP contribution is 2.40. The van der Waals surface area contributed by atoms with E-state index >= 15 is 0 Å². The number of pyridine rings is 1. The van der Waals surface area contributed by atoms with Gasteiger partial charge in [0, 0.05) is 93.3 Å². The maximum atomic E-state index is 14.1. The minimum Gasteiger partial charge on any atom is -0.504 e. The Morgan fingerprint density at radius 1 is 0.964 bits per heavy atom. The zero-order chi connectivity index (χ0) is 38.0. The number of hydrogen-bond donors (Lipinski definition) is 3. The summed E-state index contributed by atoms with van der Waals surface area (Å²) in [6.07, 6.45) is 1.14. The average molecular weight is 752 g/mol. The topological polar surface area (TPSA) is 156 Å². The number of halogens is 2. The van der Waals surface area contributed by atoms with Gasteiger partial charge in [0.2, 0.25) is 17.7 Å². The van der Waals surface area contributed by atoms with Gasteiger partial charge in [0.15, 0.2) is 17.4 Å². The van der Waals surface area contributed by atoms with Crippen LogP contribution in [0.2, 0.25) is 0 Å². The fourth-order valence-electron chi connectivity index (χ4n) is 8.40. The van der Waals surface area contributed by atoms with E-state index in [1.165, 1.54) is 0 Å². The fourth-order valence-corrected chi connectivity index (χ4v) is 8.40. The summed E-state index contributed by atoms with van der Waals surface area (Å²) in [6, 6.07) is 12.7. The molecule has 55 heavy (non-hydrogen) atoms. The van der Waals surface area contributed by atoms with Crippen molar-refractivity contribution in [2.75, 3.05) is 54.4 Å². The molecule has 0 bridgehead atoms. The minimum absolute atomic E-state index is 0.0677. The number of benzene rings is 2. The second-order valence-electron chi connectivity index (χ2n) is 14.8. The van der Waals surface area contributed by atoms with Gasteiger partial charge in [0.1, 0.15) is 18.0 Å². The minimum atomic E-state index is -1.06. The van der Waals surface area contributed by atoms with E-state index in [2.05, 4.69) is 41.6 Å². The smallest absolute Gasteiger partial charge is 0.255 e. The highest BCUT2D eigenvalue weighted by Gasteiger charge is 2.40. The first-order valence-corrected chi connectivity index (χ1v) is 18.5. The molecule has 14 nitrogen and oxygen atoms in total. The van der Waals surface area contributed by atoms with E-state index in [0.29, 0.717) is 49.4 Å². The van der Waals surface area contributed by atoms with Crippen LogP contribution >= 0.6 is 0 Å². The zero-order valence-electron chi connectivity index (χ0n) is 30.1. The lowest BCUT2D eigenvalue weighted by Gasteiger charge is -2.36. The number of carbonyl (C=O) groups is 3. The molecule has 3 amide bonds. The van der Waals surface area contributed by atoms with Crippen molar-refractivity contribution in [1.29, 1.82) is 0 Å². The number of aromatic hydroxyl groups is 1. The highest BCUT2D eigenvalue weighted by atomic mass is 19.1. The summed E-state index contributed by atoms with van der Waals surface area (Å²) < 4.78 is 34.5. The molecule has 0 radical (unpaired) electrons. The number of anilines is 3. The van der Waals surface area contributed by atoms with Gasteiger partial charge >= 0.3 is 0 Å². The second-order valence-corrected chi connectivity index (χ2v) is 14.8. The van der Waals surface area contributed by atoms with Gasteiger partial charge in [-0.3, -0.25) is 24.6 Å². The molecule has 3 saturated heterocycles. The van der Waals surface area contributed by atoms with E-state index in [9.17, 15) is 28.3 Å². The van der Waals surface area contributed by atoms with Crippen molar-refractivity contribution in [3.63, 3.8) is 0 Å². The third-order valence-electron chi connectivity index (χ3n) is 11.4. The number of piperidine rings is 1. The summed E-state index contributed by atoms with van der Waals surface area (Å²) in [7, 11) is 0. The number of aromatic nitrogens is 3. The van der Waals surface area contributed by atoms with Gasteiger partial charge in [-0.2, -0.15) is 0 Å². The molecular formula is C39H39F2N9O5. The molecule has 5 aliphatic heterocycles. The van der Waals surface area contributed by atoms with Crippen molar-refractivity contribution in [2.24, 2.45) is 0 Å². The first-order valence-electron chi connectivity index (χ1n) is 18.5. The number of hydrogen-bond acceptors (Lipinski definition) is 12. The third-order valence-corrected chi connectivity index (χ3v) is 11.4. The van der Waals surface area contributed by atoms with Crippen LogP contribution in [0.3, 0.4) is 0 Å². The molecule has 0 spiro atoms. The van der Waals surface area contributed by atoms with Gasteiger partial charge in [-0.15, -0.1) is 10.2 Å². The Morgan fingerprint density at radius 2 is 1.80 bits per heavy atom. The molecule has 2 aromatic heterocycles. The first kappa shape index (κ1) is 34.8. The number of phenolic OH excluding ortho intramolecular Hbond substituents is 1. The van der Waals surface area contributed by atoms with Crippen molar-refractivity contribution in [3.05, 3.63) is 82.5 Å². The maximum absolute atomic E-state index is 14.1. The molecule has 2 aromatic carbocycles. The molecule has 7 heterocycles. The number of piperazine rings is 1. The Balaban J connectivity index is 0.800. The standard InChI is InChI=1S/C39H39F2N9O5/c1-21-22(18-47-8-10-48(11-9-47)25-4-2-23-19-50(39(54)28(23)15-25)32-5-6-34(51)44-38(32)53)3-7-35(43-21)55-27-14-26-17-42-37-33(49(26)20-27)16-31(45-46-37)29-12-24(40)13-30(41)36(29)52/h2-4,7,12-13,15-16,26-27,32,52H,5-6,8-11,14,17-20H2,1H3,(H,42,46)(H,44,51,53)/t26-,27-,32+/m1/s1. The second kappa shape index (κ2) is 13.7. The molecule has 9 rings (SSSR count). The SMILES string of the molecule is Cc1nc(O[C@@H]2C[C@@H]3CNc4nnc(-c5cc(F)cc(F)c5O)cc4N3C2)ccc1CN1CCN(c2ccc3c(c2)C(=O)N([C@H]2CCC(=O)NC2=O)C3)CC1. The lowest BCUT2D eigenvalue weighted by atomic mass is 10.0. The van der Waals surface area contributed by atoms with E-state index in [1.54, 1.807) is 11.0 Å². The van der Waals surface area contributed by atoms with Gasteiger partial charge in [-0.1, -0.05) is 12.1 Å². The molecular weight excluding hydrogens is 712 g/mol.